The van der Waals surface area contributed by atoms with Crippen molar-refractivity contribution < 1.29 is 0 Å². The minimum Gasteiger partial charge on any atom is -0.256 e. The van der Waals surface area contributed by atoms with E-state index in [0.29, 0.717) is 17.8 Å². The fourth-order valence-electron chi connectivity index (χ4n) is 3.98. The number of hydrogen-bond acceptors (Lipinski definition) is 1. The molecule has 1 heterocycles. The van der Waals surface area contributed by atoms with E-state index in [1.165, 1.54) is 22.3 Å². The lowest BCUT2D eigenvalue weighted by Crippen LogP contribution is -2.15. The van der Waals surface area contributed by atoms with E-state index in [9.17, 15) is 0 Å². The van der Waals surface area contributed by atoms with Crippen LogP contribution in [0.3, 0.4) is 0 Å². The van der Waals surface area contributed by atoms with Crippen LogP contribution in [0.2, 0.25) is 0 Å². The summed E-state index contributed by atoms with van der Waals surface area (Å²) in [6, 6.07) is 15.2. The third-order valence-electron chi connectivity index (χ3n) is 5.48. The Bertz CT molecular complexity index is 838. The average molecular weight is 402 g/mol. The molecule has 0 radical (unpaired) electrons. The van der Waals surface area contributed by atoms with Crippen molar-refractivity contribution in [2.24, 2.45) is 17.8 Å². The summed E-state index contributed by atoms with van der Waals surface area (Å²) in [6.07, 6.45) is 14.7. The van der Waals surface area contributed by atoms with Crippen molar-refractivity contribution in [3.05, 3.63) is 89.8 Å². The maximum absolute atomic E-state index is 4.88. The van der Waals surface area contributed by atoms with E-state index < -0.39 is 0 Å². The molecule has 0 bridgehead atoms. The van der Waals surface area contributed by atoms with Gasteiger partial charge in [-0.1, -0.05) is 96.2 Å². The molecule has 1 aliphatic carbocycles. The number of pyridine rings is 1. The first-order valence-electron chi connectivity index (χ1n) is 11.7. The second-order valence-corrected chi connectivity index (χ2v) is 8.31. The van der Waals surface area contributed by atoms with Crippen LogP contribution in [0.5, 0.6) is 0 Å². The van der Waals surface area contributed by atoms with Gasteiger partial charge in [-0.05, 0) is 71.4 Å². The first-order valence-corrected chi connectivity index (χ1v) is 11.7. The van der Waals surface area contributed by atoms with Gasteiger partial charge < -0.3 is 0 Å². The Hall–Kier alpha value is -2.41. The highest BCUT2D eigenvalue weighted by Crippen LogP contribution is 2.39. The molecule has 2 atom stereocenters. The van der Waals surface area contributed by atoms with E-state index in [0.717, 1.165) is 25.0 Å². The molecule has 0 saturated heterocycles. The molecule has 3 rings (SSSR count). The lowest BCUT2D eigenvalue weighted by atomic mass is 9.77. The molecule has 160 valence electrons. The molecule has 0 amide bonds. The molecule has 0 fully saturated rings. The van der Waals surface area contributed by atoms with Gasteiger partial charge in [0.2, 0.25) is 0 Å². The zero-order valence-electron chi connectivity index (χ0n) is 19.7. The van der Waals surface area contributed by atoms with E-state index >= 15 is 0 Å². The standard InChI is InChI=1S/C27H33N.C2H6/c1-5-6-10-21(4)25-15-14-24(23-11-8-7-9-12-23)18-26(25)27-16-13-22(19-28-27)17-20(2)3;1-2/h6-14,16,18-21,25H,5,15,17H2,1-4H3;1-2H3. The van der Waals surface area contributed by atoms with Gasteiger partial charge in [-0.3, -0.25) is 4.98 Å². The van der Waals surface area contributed by atoms with Crippen LogP contribution in [0, 0.1) is 17.8 Å². The van der Waals surface area contributed by atoms with Gasteiger partial charge >= 0.3 is 0 Å². The van der Waals surface area contributed by atoms with Crippen LogP contribution in [-0.2, 0) is 6.42 Å². The predicted molar refractivity (Wildman–Crippen MR) is 133 cm³/mol. The molecule has 0 N–H and O–H groups in total. The van der Waals surface area contributed by atoms with Gasteiger partial charge in [0, 0.05) is 6.20 Å². The predicted octanol–water partition coefficient (Wildman–Crippen LogP) is 8.40. The summed E-state index contributed by atoms with van der Waals surface area (Å²) >= 11 is 0. The van der Waals surface area contributed by atoms with Gasteiger partial charge in [0.15, 0.2) is 0 Å². The smallest absolute Gasteiger partial charge is 0.0665 e. The molecule has 1 nitrogen and oxygen atoms in total. The zero-order valence-corrected chi connectivity index (χ0v) is 19.7. The molecule has 2 unspecified atom stereocenters. The highest BCUT2D eigenvalue weighted by molar-refractivity contribution is 5.86. The van der Waals surface area contributed by atoms with Gasteiger partial charge in [-0.25, -0.2) is 0 Å². The monoisotopic (exact) mass is 401 g/mol. The molecule has 0 saturated carbocycles. The maximum atomic E-state index is 4.88. The van der Waals surface area contributed by atoms with Crippen molar-refractivity contribution in [3.63, 3.8) is 0 Å². The minimum atomic E-state index is 0.471. The second kappa shape index (κ2) is 12.3. The number of aromatic nitrogens is 1. The highest BCUT2D eigenvalue weighted by Gasteiger charge is 2.24. The summed E-state index contributed by atoms with van der Waals surface area (Å²) in [5, 5.41) is 0. The first-order chi connectivity index (χ1) is 14.6. The Labute approximate surface area is 184 Å². The topological polar surface area (TPSA) is 12.9 Å². The van der Waals surface area contributed by atoms with Crippen molar-refractivity contribution in [2.75, 3.05) is 0 Å². The number of nitrogens with zero attached hydrogens (tertiary/aromatic N) is 1. The van der Waals surface area contributed by atoms with Crippen LogP contribution in [0.25, 0.3) is 11.1 Å². The normalized spacial score (nSPS) is 17.2. The van der Waals surface area contributed by atoms with Crippen LogP contribution in [0.4, 0.5) is 0 Å². The summed E-state index contributed by atoms with van der Waals surface area (Å²) in [7, 11) is 0. The number of hydrogen-bond donors (Lipinski definition) is 0. The quantitative estimate of drug-likeness (QED) is 0.424. The Balaban J connectivity index is 0.00000155. The lowest BCUT2D eigenvalue weighted by Gasteiger charge is -2.28. The highest BCUT2D eigenvalue weighted by atomic mass is 14.7. The number of rotatable bonds is 7. The van der Waals surface area contributed by atoms with Crippen LogP contribution < -0.4 is 0 Å². The minimum absolute atomic E-state index is 0.471. The molecular weight excluding hydrogens is 362 g/mol. The van der Waals surface area contributed by atoms with Crippen LogP contribution in [0.1, 0.15) is 71.2 Å². The lowest BCUT2D eigenvalue weighted by molar-refractivity contribution is 0.528. The van der Waals surface area contributed by atoms with Crippen molar-refractivity contribution in [1.29, 1.82) is 0 Å². The van der Waals surface area contributed by atoms with Gasteiger partial charge in [0.05, 0.1) is 5.69 Å². The Morgan fingerprint density at radius 3 is 2.37 bits per heavy atom. The summed E-state index contributed by atoms with van der Waals surface area (Å²) in [5.41, 5.74) is 6.41. The third-order valence-corrected chi connectivity index (χ3v) is 5.48. The third kappa shape index (κ3) is 6.55. The maximum Gasteiger partial charge on any atom is 0.0665 e. The molecule has 1 aromatic heterocycles. The largest absolute Gasteiger partial charge is 0.256 e. The molecule has 0 spiro atoms. The fourth-order valence-corrected chi connectivity index (χ4v) is 3.98. The van der Waals surface area contributed by atoms with Gasteiger partial charge in [-0.2, -0.15) is 0 Å². The van der Waals surface area contributed by atoms with Crippen molar-refractivity contribution >= 4 is 11.1 Å². The number of benzene rings is 1. The first kappa shape index (κ1) is 23.9. The van der Waals surface area contributed by atoms with E-state index in [2.05, 4.69) is 101 Å². The molecule has 2 aromatic rings. The van der Waals surface area contributed by atoms with Gasteiger partial charge in [0.25, 0.3) is 0 Å². The molecule has 1 aliphatic rings. The second-order valence-electron chi connectivity index (χ2n) is 8.31. The summed E-state index contributed by atoms with van der Waals surface area (Å²) < 4.78 is 0. The van der Waals surface area contributed by atoms with Gasteiger partial charge in [-0.15, -0.1) is 0 Å². The average Bonchev–Trinajstić information content (AvgIpc) is 2.79. The molecule has 30 heavy (non-hydrogen) atoms. The Morgan fingerprint density at radius 1 is 1.03 bits per heavy atom. The van der Waals surface area contributed by atoms with E-state index in [1.807, 2.05) is 13.8 Å². The van der Waals surface area contributed by atoms with E-state index in [-0.39, 0.29) is 0 Å². The van der Waals surface area contributed by atoms with Crippen molar-refractivity contribution in [3.8, 4) is 0 Å². The molecular formula is C29H39N. The Morgan fingerprint density at radius 2 is 1.77 bits per heavy atom. The van der Waals surface area contributed by atoms with Crippen molar-refractivity contribution in [1.82, 2.24) is 4.98 Å². The van der Waals surface area contributed by atoms with Crippen LogP contribution >= 0.6 is 0 Å². The van der Waals surface area contributed by atoms with Crippen LogP contribution in [0.15, 0.2) is 73.0 Å². The molecule has 0 aliphatic heterocycles. The number of allylic oxidation sites excluding steroid dienone is 6. The summed E-state index contributed by atoms with van der Waals surface area (Å²) in [4.78, 5) is 4.88. The van der Waals surface area contributed by atoms with Gasteiger partial charge in [0.1, 0.15) is 0 Å². The fraction of sp³-hybridized carbons (Fsp3) is 0.414. The molecule has 1 aromatic carbocycles. The summed E-state index contributed by atoms with van der Waals surface area (Å²) in [5.74, 6) is 1.62. The van der Waals surface area contributed by atoms with Crippen molar-refractivity contribution in [2.45, 2.75) is 60.8 Å². The SMILES string of the molecule is CC.CCC=CC(C)C1CC=C(c2ccccc2)C=C1c1ccc(CC(C)C)cn1. The molecule has 1 heteroatoms. The van der Waals surface area contributed by atoms with Crippen LogP contribution in [-0.4, -0.2) is 4.98 Å². The zero-order chi connectivity index (χ0) is 21.9. The van der Waals surface area contributed by atoms with E-state index in [1.54, 1.807) is 0 Å². The van der Waals surface area contributed by atoms with E-state index in [4.69, 9.17) is 4.98 Å². The summed E-state index contributed by atoms with van der Waals surface area (Å²) in [6.45, 7) is 13.0. The Kier molecular flexibility index (Phi) is 9.80.